The number of sulfonamides is 1. The van der Waals surface area contributed by atoms with E-state index in [9.17, 15) is 18.0 Å². The Morgan fingerprint density at radius 1 is 0.971 bits per heavy atom. The fourth-order valence-electron chi connectivity index (χ4n) is 3.84. The van der Waals surface area contributed by atoms with E-state index in [1.165, 1.54) is 4.90 Å². The van der Waals surface area contributed by atoms with E-state index in [4.69, 9.17) is 11.6 Å². The summed E-state index contributed by atoms with van der Waals surface area (Å²) in [5.41, 5.74) is 1.13. The number of halogens is 1. The van der Waals surface area contributed by atoms with Crippen molar-refractivity contribution < 1.29 is 18.0 Å². The number of nitrogens with zero attached hydrogens (tertiary/aromatic N) is 2. The van der Waals surface area contributed by atoms with E-state index >= 15 is 0 Å². The molecule has 7 nitrogen and oxygen atoms in total. The number of nitrogens with one attached hydrogen (secondary N) is 1. The van der Waals surface area contributed by atoms with Gasteiger partial charge in [0.2, 0.25) is 21.8 Å². The van der Waals surface area contributed by atoms with E-state index in [1.807, 2.05) is 44.2 Å². The first-order valence-corrected chi connectivity index (χ1v) is 13.5. The molecule has 0 heterocycles. The second-order valence-electron chi connectivity index (χ2n) is 8.76. The highest BCUT2D eigenvalue weighted by atomic mass is 35.5. The molecule has 35 heavy (non-hydrogen) atoms. The van der Waals surface area contributed by atoms with Crippen molar-refractivity contribution in [3.63, 3.8) is 0 Å². The van der Waals surface area contributed by atoms with E-state index in [0.29, 0.717) is 16.1 Å². The molecule has 1 atom stereocenters. The molecule has 0 saturated heterocycles. The Balaban J connectivity index is 2.00. The van der Waals surface area contributed by atoms with E-state index < -0.39 is 28.5 Å². The maximum Gasteiger partial charge on any atom is 0.244 e. The SMILES string of the molecule is CC(C)NC(=O)C(C)N(Cc1cccc(Cl)c1)C(=O)CN(c1cccc2ccccc12)S(C)(=O)=O. The lowest BCUT2D eigenvalue weighted by atomic mass is 10.1. The van der Waals surface area contributed by atoms with Gasteiger partial charge in [-0.3, -0.25) is 13.9 Å². The summed E-state index contributed by atoms with van der Waals surface area (Å²) >= 11 is 6.13. The summed E-state index contributed by atoms with van der Waals surface area (Å²) in [7, 11) is -3.82. The summed E-state index contributed by atoms with van der Waals surface area (Å²) in [5.74, 6) is -0.832. The summed E-state index contributed by atoms with van der Waals surface area (Å²) in [5, 5.41) is 4.89. The minimum atomic E-state index is -3.82. The Bertz CT molecular complexity index is 1320. The van der Waals surface area contributed by atoms with Gasteiger partial charge in [-0.05, 0) is 49.9 Å². The topological polar surface area (TPSA) is 86.8 Å². The third kappa shape index (κ3) is 6.74. The van der Waals surface area contributed by atoms with Crippen LogP contribution in [0.1, 0.15) is 26.3 Å². The van der Waals surface area contributed by atoms with Gasteiger partial charge in [0.1, 0.15) is 12.6 Å². The van der Waals surface area contributed by atoms with Crippen LogP contribution in [0.15, 0.2) is 66.7 Å². The molecule has 9 heteroatoms. The first-order valence-electron chi connectivity index (χ1n) is 11.3. The molecule has 0 saturated carbocycles. The van der Waals surface area contributed by atoms with Crippen molar-refractivity contribution in [1.82, 2.24) is 10.2 Å². The van der Waals surface area contributed by atoms with Gasteiger partial charge < -0.3 is 10.2 Å². The zero-order chi connectivity index (χ0) is 25.8. The van der Waals surface area contributed by atoms with E-state index in [2.05, 4.69) is 5.32 Å². The molecule has 3 rings (SSSR count). The molecular formula is C26H30ClN3O4S. The van der Waals surface area contributed by atoms with Crippen LogP contribution in [0.2, 0.25) is 5.02 Å². The fraction of sp³-hybridized carbons (Fsp3) is 0.308. The van der Waals surface area contributed by atoms with Gasteiger partial charge >= 0.3 is 0 Å². The normalized spacial score (nSPS) is 12.4. The number of amides is 2. The molecule has 186 valence electrons. The monoisotopic (exact) mass is 515 g/mol. The Labute approximate surface area is 211 Å². The van der Waals surface area contributed by atoms with Crippen LogP contribution in [-0.4, -0.2) is 50.0 Å². The highest BCUT2D eigenvalue weighted by Gasteiger charge is 2.30. The van der Waals surface area contributed by atoms with Gasteiger partial charge in [0, 0.05) is 23.0 Å². The summed E-state index contributed by atoms with van der Waals surface area (Å²) < 4.78 is 26.8. The second-order valence-corrected chi connectivity index (χ2v) is 11.1. The van der Waals surface area contributed by atoms with E-state index in [1.54, 1.807) is 43.3 Å². The Morgan fingerprint density at radius 2 is 1.63 bits per heavy atom. The van der Waals surface area contributed by atoms with Crippen molar-refractivity contribution in [2.75, 3.05) is 17.1 Å². The average molecular weight is 516 g/mol. The Hall–Kier alpha value is -3.10. The predicted octanol–water partition coefficient (Wildman–Crippen LogP) is 4.20. The zero-order valence-corrected chi connectivity index (χ0v) is 21.8. The van der Waals surface area contributed by atoms with Crippen LogP contribution in [0.3, 0.4) is 0 Å². The lowest BCUT2D eigenvalue weighted by Crippen LogP contribution is -2.52. The van der Waals surface area contributed by atoms with Gasteiger partial charge in [0.15, 0.2) is 0 Å². The molecule has 0 aliphatic carbocycles. The summed E-state index contributed by atoms with van der Waals surface area (Å²) in [4.78, 5) is 27.8. The molecule has 0 bridgehead atoms. The van der Waals surface area contributed by atoms with Crippen LogP contribution in [0, 0.1) is 0 Å². The van der Waals surface area contributed by atoms with Crippen LogP contribution in [0.25, 0.3) is 10.8 Å². The van der Waals surface area contributed by atoms with Gasteiger partial charge in [-0.2, -0.15) is 0 Å². The number of hydrogen-bond donors (Lipinski definition) is 1. The molecule has 3 aromatic rings. The minimum Gasteiger partial charge on any atom is -0.352 e. The van der Waals surface area contributed by atoms with Crippen molar-refractivity contribution in [3.8, 4) is 0 Å². The van der Waals surface area contributed by atoms with Gasteiger partial charge in [-0.1, -0.05) is 60.1 Å². The largest absolute Gasteiger partial charge is 0.352 e. The van der Waals surface area contributed by atoms with Crippen LogP contribution < -0.4 is 9.62 Å². The van der Waals surface area contributed by atoms with E-state index in [0.717, 1.165) is 21.5 Å². The van der Waals surface area contributed by atoms with Crippen LogP contribution in [-0.2, 0) is 26.2 Å². The summed E-state index contributed by atoms with van der Waals surface area (Å²) in [6, 6.07) is 18.7. The van der Waals surface area contributed by atoms with Gasteiger partial charge in [-0.15, -0.1) is 0 Å². The molecule has 0 radical (unpaired) electrons. The highest BCUT2D eigenvalue weighted by molar-refractivity contribution is 7.92. The molecule has 3 aromatic carbocycles. The van der Waals surface area contributed by atoms with E-state index in [-0.39, 0.29) is 18.5 Å². The lowest BCUT2D eigenvalue weighted by molar-refractivity contribution is -0.139. The predicted molar refractivity (Wildman–Crippen MR) is 141 cm³/mol. The summed E-state index contributed by atoms with van der Waals surface area (Å²) in [6.45, 7) is 4.94. The number of hydrogen-bond acceptors (Lipinski definition) is 4. The van der Waals surface area contributed by atoms with Crippen LogP contribution >= 0.6 is 11.6 Å². The number of carbonyl (C=O) groups excluding carboxylic acids is 2. The van der Waals surface area contributed by atoms with Gasteiger partial charge in [0.05, 0.1) is 11.9 Å². The molecule has 0 aromatic heterocycles. The molecule has 0 spiro atoms. The molecule has 1 N–H and O–H groups in total. The van der Waals surface area contributed by atoms with Crippen LogP contribution in [0.5, 0.6) is 0 Å². The average Bonchev–Trinajstić information content (AvgIpc) is 2.79. The van der Waals surface area contributed by atoms with Crippen LogP contribution in [0.4, 0.5) is 5.69 Å². The third-order valence-electron chi connectivity index (χ3n) is 5.55. The quantitative estimate of drug-likeness (QED) is 0.462. The second kappa shape index (κ2) is 11.1. The number of carbonyl (C=O) groups is 2. The van der Waals surface area contributed by atoms with Crippen molar-refractivity contribution in [2.24, 2.45) is 0 Å². The Morgan fingerprint density at radius 3 is 2.29 bits per heavy atom. The Kier molecular flexibility index (Phi) is 8.40. The maximum atomic E-state index is 13.6. The first-order chi connectivity index (χ1) is 16.5. The standard InChI is InChI=1S/C26H30ClN3O4S/c1-18(2)28-26(32)19(3)29(16-20-9-7-12-22(27)15-20)25(31)17-30(35(4,33)34)24-14-8-11-21-10-5-6-13-23(21)24/h5-15,18-19H,16-17H2,1-4H3,(H,28,32). The molecular weight excluding hydrogens is 486 g/mol. The molecule has 0 aliphatic rings. The number of anilines is 1. The number of rotatable bonds is 9. The van der Waals surface area contributed by atoms with Crippen molar-refractivity contribution in [2.45, 2.75) is 39.4 Å². The number of benzene rings is 3. The minimum absolute atomic E-state index is 0.0964. The molecule has 0 fully saturated rings. The molecule has 0 aliphatic heterocycles. The maximum absolute atomic E-state index is 13.6. The molecule has 1 unspecified atom stereocenters. The first kappa shape index (κ1) is 26.5. The van der Waals surface area contributed by atoms with Gasteiger partial charge in [-0.25, -0.2) is 8.42 Å². The lowest BCUT2D eigenvalue weighted by Gasteiger charge is -2.32. The van der Waals surface area contributed by atoms with Crippen molar-refractivity contribution in [1.29, 1.82) is 0 Å². The highest BCUT2D eigenvalue weighted by Crippen LogP contribution is 2.28. The smallest absolute Gasteiger partial charge is 0.244 e. The summed E-state index contributed by atoms with van der Waals surface area (Å²) in [6.07, 6.45) is 1.07. The van der Waals surface area contributed by atoms with Crippen molar-refractivity contribution in [3.05, 3.63) is 77.3 Å². The van der Waals surface area contributed by atoms with Gasteiger partial charge in [0.25, 0.3) is 0 Å². The zero-order valence-electron chi connectivity index (χ0n) is 20.2. The number of fused-ring (bicyclic) bond motifs is 1. The fourth-order valence-corrected chi connectivity index (χ4v) is 4.91. The van der Waals surface area contributed by atoms with Crippen molar-refractivity contribution >= 4 is 49.9 Å². The molecule has 2 amide bonds. The third-order valence-corrected chi connectivity index (χ3v) is 6.92.